The largest absolute Gasteiger partial charge is 0.475 e. The predicted molar refractivity (Wildman–Crippen MR) is 88.2 cm³/mol. The number of para-hydroxylation sites is 2. The lowest BCUT2D eigenvalue weighted by Crippen LogP contribution is -2.18. The quantitative estimate of drug-likeness (QED) is 0.309. The average Bonchev–Trinajstić information content (AvgIpc) is 2.60. The van der Waals surface area contributed by atoms with Crippen molar-refractivity contribution >= 4 is 22.4 Å². The molecule has 0 aliphatic carbocycles. The molecule has 0 aromatic heterocycles. The van der Waals surface area contributed by atoms with E-state index in [1.165, 1.54) is 18.2 Å². The molecule has 0 saturated heterocycles. The van der Waals surface area contributed by atoms with E-state index in [2.05, 4.69) is 0 Å². The van der Waals surface area contributed by atoms with Crippen molar-refractivity contribution in [3.63, 3.8) is 0 Å². The highest BCUT2D eigenvalue weighted by Crippen LogP contribution is 2.26. The van der Waals surface area contributed by atoms with E-state index < -0.39 is 17.5 Å². The van der Waals surface area contributed by atoms with E-state index in [9.17, 15) is 14.9 Å². The second-order valence-electron chi connectivity index (χ2n) is 5.00. The Bertz CT molecular complexity index is 907. The number of nitro groups is 1. The monoisotopic (exact) mass is 323 g/mol. The molecule has 0 amide bonds. The van der Waals surface area contributed by atoms with Crippen molar-refractivity contribution in [2.75, 3.05) is 6.61 Å². The lowest BCUT2D eigenvalue weighted by molar-refractivity contribution is -0.385. The van der Waals surface area contributed by atoms with Gasteiger partial charge in [0.1, 0.15) is 5.75 Å². The molecular weight excluding hydrogens is 310 g/mol. The molecule has 0 radical (unpaired) electrons. The Balaban J connectivity index is 1.66. The summed E-state index contributed by atoms with van der Waals surface area (Å²) in [6, 6.07) is 18.8. The third kappa shape index (κ3) is 3.49. The van der Waals surface area contributed by atoms with Gasteiger partial charge in [-0.25, -0.2) is 4.79 Å². The van der Waals surface area contributed by atoms with Crippen LogP contribution in [0.2, 0.25) is 0 Å². The van der Waals surface area contributed by atoms with Gasteiger partial charge in [0.05, 0.1) is 4.92 Å². The first kappa shape index (κ1) is 15.5. The minimum Gasteiger partial charge on any atom is -0.475 e. The second kappa shape index (κ2) is 6.78. The Morgan fingerprint density at radius 1 is 0.958 bits per heavy atom. The fourth-order valence-corrected chi connectivity index (χ4v) is 2.26. The third-order valence-corrected chi connectivity index (χ3v) is 3.36. The first-order valence-corrected chi connectivity index (χ1v) is 7.19. The molecule has 3 rings (SSSR count). The van der Waals surface area contributed by atoms with Crippen LogP contribution in [0.3, 0.4) is 0 Å². The van der Waals surface area contributed by atoms with E-state index in [0.29, 0.717) is 5.75 Å². The number of ether oxygens (including phenoxy) is 2. The van der Waals surface area contributed by atoms with Gasteiger partial charge in [-0.15, -0.1) is 0 Å². The summed E-state index contributed by atoms with van der Waals surface area (Å²) >= 11 is 0. The molecule has 0 fully saturated rings. The predicted octanol–water partition coefficient (Wildman–Crippen LogP) is 3.73. The van der Waals surface area contributed by atoms with Crippen LogP contribution in [-0.2, 0) is 4.79 Å². The van der Waals surface area contributed by atoms with Crippen molar-refractivity contribution in [3.05, 3.63) is 76.8 Å². The lowest BCUT2D eigenvalue weighted by Gasteiger charge is -2.08. The highest BCUT2D eigenvalue weighted by atomic mass is 16.6. The highest BCUT2D eigenvalue weighted by molar-refractivity contribution is 5.84. The number of nitrogens with zero attached hydrogens (tertiary/aromatic N) is 1. The third-order valence-electron chi connectivity index (χ3n) is 3.36. The molecule has 0 atom stereocenters. The zero-order chi connectivity index (χ0) is 16.9. The maximum absolute atomic E-state index is 11.9. The van der Waals surface area contributed by atoms with Gasteiger partial charge in [0.15, 0.2) is 12.4 Å². The molecule has 0 bridgehead atoms. The van der Waals surface area contributed by atoms with Crippen molar-refractivity contribution in [2.45, 2.75) is 0 Å². The van der Waals surface area contributed by atoms with Crippen LogP contribution in [0.4, 0.5) is 5.69 Å². The number of carbonyl (C=O) groups excluding carboxylic acids is 1. The molecule has 0 aliphatic rings. The Morgan fingerprint density at radius 2 is 1.67 bits per heavy atom. The van der Waals surface area contributed by atoms with Crippen LogP contribution < -0.4 is 9.47 Å². The molecule has 0 saturated carbocycles. The lowest BCUT2D eigenvalue weighted by atomic mass is 10.1. The smallest absolute Gasteiger partial charge is 0.349 e. The molecule has 0 spiro atoms. The fourth-order valence-electron chi connectivity index (χ4n) is 2.26. The molecule has 24 heavy (non-hydrogen) atoms. The molecule has 6 heteroatoms. The number of hydrogen-bond acceptors (Lipinski definition) is 5. The van der Waals surface area contributed by atoms with Crippen molar-refractivity contribution in [2.24, 2.45) is 0 Å². The molecule has 0 aliphatic heterocycles. The minimum absolute atomic E-state index is 0.0259. The average molecular weight is 323 g/mol. The van der Waals surface area contributed by atoms with Gasteiger partial charge < -0.3 is 9.47 Å². The zero-order valence-corrected chi connectivity index (χ0v) is 12.5. The summed E-state index contributed by atoms with van der Waals surface area (Å²) < 4.78 is 10.4. The summed E-state index contributed by atoms with van der Waals surface area (Å²) in [4.78, 5) is 22.2. The summed E-state index contributed by atoms with van der Waals surface area (Å²) in [5, 5.41) is 12.9. The van der Waals surface area contributed by atoms with Crippen LogP contribution in [0.1, 0.15) is 0 Å². The number of benzene rings is 3. The maximum Gasteiger partial charge on any atom is 0.349 e. The van der Waals surface area contributed by atoms with Gasteiger partial charge in [-0.2, -0.15) is 0 Å². The summed E-state index contributed by atoms with van der Waals surface area (Å²) in [5.74, 6) is -0.216. The van der Waals surface area contributed by atoms with E-state index in [0.717, 1.165) is 10.8 Å². The first-order chi connectivity index (χ1) is 11.6. The van der Waals surface area contributed by atoms with E-state index in [-0.39, 0.29) is 11.4 Å². The Labute approximate surface area is 137 Å². The minimum atomic E-state index is -0.636. The van der Waals surface area contributed by atoms with Crippen LogP contribution >= 0.6 is 0 Å². The van der Waals surface area contributed by atoms with Crippen molar-refractivity contribution in [1.29, 1.82) is 0 Å². The normalized spacial score (nSPS) is 10.3. The van der Waals surface area contributed by atoms with Crippen LogP contribution in [0.15, 0.2) is 66.7 Å². The van der Waals surface area contributed by atoms with Gasteiger partial charge in [0.25, 0.3) is 0 Å². The number of carbonyl (C=O) groups is 1. The van der Waals surface area contributed by atoms with Gasteiger partial charge in [-0.1, -0.05) is 42.5 Å². The molecule has 3 aromatic carbocycles. The van der Waals surface area contributed by atoms with Gasteiger partial charge in [0.2, 0.25) is 0 Å². The second-order valence-corrected chi connectivity index (χ2v) is 5.00. The highest BCUT2D eigenvalue weighted by Gasteiger charge is 2.15. The molecule has 0 heterocycles. The molecule has 3 aromatic rings. The van der Waals surface area contributed by atoms with Crippen LogP contribution in [-0.4, -0.2) is 17.5 Å². The SMILES string of the molecule is O=C(COc1ccccc1[N+](=O)[O-])Oc1ccc2ccccc2c1. The molecule has 120 valence electrons. The first-order valence-electron chi connectivity index (χ1n) is 7.19. The summed E-state index contributed by atoms with van der Waals surface area (Å²) in [6.45, 7) is -0.419. The molecular formula is C18H13NO5. The maximum atomic E-state index is 11.9. The topological polar surface area (TPSA) is 78.7 Å². The molecule has 6 nitrogen and oxygen atoms in total. The Hall–Kier alpha value is -3.41. The van der Waals surface area contributed by atoms with Crippen molar-refractivity contribution in [3.8, 4) is 11.5 Å². The van der Waals surface area contributed by atoms with Crippen molar-refractivity contribution in [1.82, 2.24) is 0 Å². The van der Waals surface area contributed by atoms with Crippen molar-refractivity contribution < 1.29 is 19.2 Å². The summed E-state index contributed by atoms with van der Waals surface area (Å²) in [6.07, 6.45) is 0. The number of hydrogen-bond donors (Lipinski definition) is 0. The van der Waals surface area contributed by atoms with E-state index in [1.807, 2.05) is 30.3 Å². The number of nitro benzene ring substituents is 1. The van der Waals surface area contributed by atoms with E-state index >= 15 is 0 Å². The number of rotatable bonds is 5. The van der Waals surface area contributed by atoms with E-state index in [1.54, 1.807) is 18.2 Å². The number of fused-ring (bicyclic) bond motifs is 1. The van der Waals surface area contributed by atoms with Gasteiger partial charge in [-0.3, -0.25) is 10.1 Å². The summed E-state index contributed by atoms with van der Waals surface area (Å²) in [5.41, 5.74) is -0.198. The van der Waals surface area contributed by atoms with E-state index in [4.69, 9.17) is 9.47 Å². The van der Waals surface area contributed by atoms with Gasteiger partial charge >= 0.3 is 11.7 Å². The van der Waals surface area contributed by atoms with Gasteiger partial charge in [-0.05, 0) is 29.0 Å². The molecule has 0 N–H and O–H groups in total. The zero-order valence-electron chi connectivity index (χ0n) is 12.5. The number of esters is 1. The fraction of sp³-hybridized carbons (Fsp3) is 0.0556. The Morgan fingerprint density at radius 3 is 2.46 bits per heavy atom. The van der Waals surface area contributed by atoms with Crippen LogP contribution in [0.25, 0.3) is 10.8 Å². The summed E-state index contributed by atoms with van der Waals surface area (Å²) in [7, 11) is 0. The molecule has 0 unspecified atom stereocenters. The standard InChI is InChI=1S/C18H13NO5/c20-18(12-23-17-8-4-3-7-16(17)19(21)22)24-15-10-9-13-5-1-2-6-14(13)11-15/h1-11H,12H2. The van der Waals surface area contributed by atoms with Crippen LogP contribution in [0.5, 0.6) is 11.5 Å². The Kier molecular flexibility index (Phi) is 4.38. The van der Waals surface area contributed by atoms with Gasteiger partial charge in [0, 0.05) is 6.07 Å². The van der Waals surface area contributed by atoms with Crippen LogP contribution in [0, 0.1) is 10.1 Å².